The van der Waals surface area contributed by atoms with Gasteiger partial charge in [-0.3, -0.25) is 0 Å². The van der Waals surface area contributed by atoms with Gasteiger partial charge in [0.25, 0.3) is 0 Å². The number of hydrogen-bond acceptors (Lipinski definition) is 6. The van der Waals surface area contributed by atoms with Crippen LogP contribution >= 0.6 is 23.2 Å². The third-order valence-electron chi connectivity index (χ3n) is 3.90. The van der Waals surface area contributed by atoms with Crippen molar-refractivity contribution in [3.05, 3.63) is 53.3 Å². The van der Waals surface area contributed by atoms with E-state index >= 15 is 0 Å². The Balaban J connectivity index is 2.06. The molecule has 0 fully saturated rings. The van der Waals surface area contributed by atoms with Crippen molar-refractivity contribution in [2.45, 2.75) is 11.1 Å². The lowest BCUT2D eigenvalue weighted by Crippen LogP contribution is -2.39. The van der Waals surface area contributed by atoms with E-state index in [1.54, 1.807) is 0 Å². The average molecular weight is 531 g/mol. The van der Waals surface area contributed by atoms with Gasteiger partial charge >= 0.3 is 22.4 Å². The van der Waals surface area contributed by atoms with Crippen molar-refractivity contribution in [3.8, 4) is 0 Å². The molecule has 2 aromatic carbocycles. The smallest absolute Gasteiger partial charge is 0.307 e. The normalized spacial score (nSPS) is 12.7. The Kier molecular flexibility index (Phi) is 6.34. The third kappa shape index (κ3) is 4.92. The molecule has 0 atom stereocenters. The standard InChI is InChI=1S/C16H11Cl2F3N4O5S2/c17-8-31(27,28)11-5-6-13-12(7-11)23-14(16(19,20)21)25(13)32(29,30)24-15(26)22-10-3-1-9(18)2-4-10/h1-7H,8H2,(H2,22,24,26). The lowest BCUT2D eigenvalue weighted by atomic mass is 10.3. The van der Waals surface area contributed by atoms with E-state index in [1.165, 1.54) is 29.0 Å². The molecule has 0 bridgehead atoms. The molecule has 0 aliphatic carbocycles. The molecule has 0 aliphatic heterocycles. The number of carbonyl (C=O) groups excluding carboxylic acids is 1. The maximum absolute atomic E-state index is 13.5. The largest absolute Gasteiger partial charge is 0.450 e. The molecule has 0 saturated heterocycles. The van der Waals surface area contributed by atoms with Crippen molar-refractivity contribution in [1.29, 1.82) is 0 Å². The van der Waals surface area contributed by atoms with Crippen molar-refractivity contribution in [2.24, 2.45) is 0 Å². The topological polar surface area (TPSA) is 127 Å². The van der Waals surface area contributed by atoms with E-state index in [0.29, 0.717) is 5.02 Å². The van der Waals surface area contributed by atoms with Crippen LogP contribution in [0, 0.1) is 0 Å². The number of sulfone groups is 1. The number of carbonyl (C=O) groups is 1. The molecule has 0 radical (unpaired) electrons. The highest BCUT2D eigenvalue weighted by atomic mass is 35.5. The van der Waals surface area contributed by atoms with Gasteiger partial charge in [0, 0.05) is 10.7 Å². The first-order valence-electron chi connectivity index (χ1n) is 8.23. The van der Waals surface area contributed by atoms with Gasteiger partial charge in [0.2, 0.25) is 5.82 Å². The van der Waals surface area contributed by atoms with Gasteiger partial charge in [-0.05, 0) is 42.5 Å². The monoisotopic (exact) mass is 530 g/mol. The second kappa shape index (κ2) is 8.42. The molecule has 9 nitrogen and oxygen atoms in total. The van der Waals surface area contributed by atoms with E-state index in [1.807, 2.05) is 0 Å². The van der Waals surface area contributed by atoms with Crippen molar-refractivity contribution < 1.29 is 34.8 Å². The number of amides is 2. The van der Waals surface area contributed by atoms with Gasteiger partial charge in [-0.15, -0.1) is 11.6 Å². The van der Waals surface area contributed by atoms with Crippen LogP contribution in [0.3, 0.4) is 0 Å². The highest BCUT2D eigenvalue weighted by Gasteiger charge is 2.41. The van der Waals surface area contributed by atoms with Gasteiger partial charge in [-0.25, -0.2) is 22.9 Å². The van der Waals surface area contributed by atoms with Gasteiger partial charge in [-0.1, -0.05) is 11.6 Å². The van der Waals surface area contributed by atoms with Crippen LogP contribution in [-0.4, -0.2) is 37.0 Å². The summed E-state index contributed by atoms with van der Waals surface area (Å²) >= 11 is 11.0. The molecule has 1 heterocycles. The van der Waals surface area contributed by atoms with E-state index in [-0.39, 0.29) is 9.66 Å². The van der Waals surface area contributed by atoms with Gasteiger partial charge in [-0.2, -0.15) is 25.6 Å². The molecule has 0 saturated carbocycles. The second-order valence-electron chi connectivity index (χ2n) is 6.14. The fourth-order valence-corrected chi connectivity index (χ4v) is 4.93. The minimum Gasteiger partial charge on any atom is -0.307 e. The minimum atomic E-state index is -5.26. The van der Waals surface area contributed by atoms with Crippen molar-refractivity contribution >= 4 is 66.0 Å². The molecule has 3 rings (SSSR count). The molecule has 0 unspecified atom stereocenters. The predicted molar refractivity (Wildman–Crippen MR) is 111 cm³/mol. The van der Waals surface area contributed by atoms with Crippen LogP contribution in [0.1, 0.15) is 5.82 Å². The molecule has 1 aromatic heterocycles. The molecule has 2 amide bonds. The van der Waals surface area contributed by atoms with Crippen molar-refractivity contribution in [1.82, 2.24) is 13.7 Å². The van der Waals surface area contributed by atoms with Crippen LogP contribution < -0.4 is 10.0 Å². The summed E-state index contributed by atoms with van der Waals surface area (Å²) in [7, 11) is -9.19. The van der Waals surface area contributed by atoms with Gasteiger partial charge in [0.05, 0.1) is 15.9 Å². The number of anilines is 1. The Bertz CT molecular complexity index is 1410. The number of hydrogen-bond donors (Lipinski definition) is 2. The summed E-state index contributed by atoms with van der Waals surface area (Å²) in [4.78, 5) is 14.9. The van der Waals surface area contributed by atoms with Crippen LogP contribution in [0.2, 0.25) is 5.02 Å². The van der Waals surface area contributed by atoms with E-state index in [4.69, 9.17) is 23.2 Å². The van der Waals surface area contributed by atoms with Crippen molar-refractivity contribution in [2.75, 3.05) is 10.5 Å². The SMILES string of the molecule is O=C(Nc1ccc(Cl)cc1)NS(=O)(=O)n1c(C(F)(F)F)nc2cc(S(=O)(=O)CCl)ccc21. The molecule has 16 heteroatoms. The summed E-state index contributed by atoms with van der Waals surface area (Å²) < 4.78 is 90.9. The van der Waals surface area contributed by atoms with E-state index in [9.17, 15) is 34.8 Å². The Morgan fingerprint density at radius 2 is 1.69 bits per heavy atom. The fourth-order valence-electron chi connectivity index (χ4n) is 2.57. The number of alkyl halides is 4. The Hall–Kier alpha value is -2.55. The third-order valence-corrected chi connectivity index (χ3v) is 7.57. The number of fused-ring (bicyclic) bond motifs is 1. The number of aromatic nitrogens is 2. The zero-order chi connectivity index (χ0) is 23.9. The molecule has 2 N–H and O–H groups in total. The van der Waals surface area contributed by atoms with E-state index < -0.39 is 59.2 Å². The summed E-state index contributed by atoms with van der Waals surface area (Å²) in [5.41, 5.74) is -1.09. The van der Waals surface area contributed by atoms with Crippen molar-refractivity contribution in [3.63, 3.8) is 0 Å². The van der Waals surface area contributed by atoms with E-state index in [2.05, 4.69) is 10.3 Å². The number of nitrogens with zero attached hydrogens (tertiary/aromatic N) is 2. The Labute approximate surface area is 189 Å². The summed E-state index contributed by atoms with van der Waals surface area (Å²) in [6, 6.07) is 6.54. The van der Waals surface area contributed by atoms with Gasteiger partial charge in [0.1, 0.15) is 5.21 Å². The maximum Gasteiger partial charge on any atom is 0.450 e. The summed E-state index contributed by atoms with van der Waals surface area (Å²) in [6.45, 7) is 0. The van der Waals surface area contributed by atoms with Crippen LogP contribution in [0.4, 0.5) is 23.7 Å². The van der Waals surface area contributed by atoms with E-state index in [0.717, 1.165) is 18.2 Å². The van der Waals surface area contributed by atoms with Crippen LogP contribution in [-0.2, 0) is 26.2 Å². The maximum atomic E-state index is 13.5. The number of urea groups is 1. The summed E-state index contributed by atoms with van der Waals surface area (Å²) in [6.07, 6.45) is -5.26. The highest BCUT2D eigenvalue weighted by molar-refractivity contribution is 7.92. The molecule has 32 heavy (non-hydrogen) atoms. The summed E-state index contributed by atoms with van der Waals surface area (Å²) in [5.74, 6) is -1.89. The first-order valence-corrected chi connectivity index (χ1v) is 12.2. The lowest BCUT2D eigenvalue weighted by molar-refractivity contribution is -0.145. The number of nitrogens with one attached hydrogen (secondary N) is 2. The summed E-state index contributed by atoms with van der Waals surface area (Å²) in [5, 5.41) is 1.61. The predicted octanol–water partition coefficient (Wildman–Crippen LogP) is 3.59. The van der Waals surface area contributed by atoms with Gasteiger partial charge in [0.15, 0.2) is 9.84 Å². The zero-order valence-corrected chi connectivity index (χ0v) is 18.5. The Morgan fingerprint density at radius 1 is 1.06 bits per heavy atom. The number of imidazole rings is 1. The number of benzene rings is 2. The molecule has 0 aliphatic rings. The molecule has 0 spiro atoms. The quantitative estimate of drug-likeness (QED) is 0.485. The fraction of sp³-hybridized carbons (Fsp3) is 0.125. The van der Waals surface area contributed by atoms with Crippen LogP contribution in [0.15, 0.2) is 47.4 Å². The van der Waals surface area contributed by atoms with Gasteiger partial charge < -0.3 is 5.32 Å². The minimum absolute atomic E-state index is 0.115. The average Bonchev–Trinajstić information content (AvgIpc) is 3.09. The lowest BCUT2D eigenvalue weighted by Gasteiger charge is -2.13. The first-order chi connectivity index (χ1) is 14.7. The van der Waals surface area contributed by atoms with Crippen LogP contribution in [0.25, 0.3) is 11.0 Å². The highest BCUT2D eigenvalue weighted by Crippen LogP contribution is 2.33. The number of halogens is 5. The molecule has 172 valence electrons. The Morgan fingerprint density at radius 3 is 2.25 bits per heavy atom. The first kappa shape index (κ1) is 24.1. The van der Waals surface area contributed by atoms with Crippen LogP contribution in [0.5, 0.6) is 0 Å². The molecular formula is C16H11Cl2F3N4O5S2. The second-order valence-corrected chi connectivity index (χ2v) is 10.7. The molecular weight excluding hydrogens is 520 g/mol. The zero-order valence-electron chi connectivity index (χ0n) is 15.4. The molecule has 3 aromatic rings. The number of rotatable bonds is 5.